The number of nitrogens with zero attached hydrogens (tertiary/aromatic N) is 2. The van der Waals surface area contributed by atoms with E-state index in [0.717, 1.165) is 9.87 Å². The maximum Gasteiger partial charge on any atom is 0.335 e. The van der Waals surface area contributed by atoms with Crippen molar-refractivity contribution >= 4 is 28.1 Å². The maximum atomic E-state index is 12.9. The summed E-state index contributed by atoms with van der Waals surface area (Å²) >= 11 is 0. The summed E-state index contributed by atoms with van der Waals surface area (Å²) in [6.07, 6.45) is 1.34. The van der Waals surface area contributed by atoms with Crippen LogP contribution < -0.4 is 5.43 Å². The summed E-state index contributed by atoms with van der Waals surface area (Å²) in [4.78, 5) is 23.1. The lowest BCUT2D eigenvalue weighted by Gasteiger charge is -2.19. The molecule has 29 heavy (non-hydrogen) atoms. The highest BCUT2D eigenvalue weighted by molar-refractivity contribution is 7.89. The van der Waals surface area contributed by atoms with Gasteiger partial charge in [0.1, 0.15) is 0 Å². The summed E-state index contributed by atoms with van der Waals surface area (Å²) in [6.45, 7) is 4.94. The van der Waals surface area contributed by atoms with Crippen molar-refractivity contribution < 1.29 is 23.1 Å². The van der Waals surface area contributed by atoms with E-state index in [4.69, 9.17) is 5.11 Å². The Hall–Kier alpha value is -3.04. The van der Waals surface area contributed by atoms with Gasteiger partial charge in [0, 0.05) is 7.05 Å². The average molecular weight is 417 g/mol. The van der Waals surface area contributed by atoms with Crippen LogP contribution in [0.5, 0.6) is 0 Å². The first-order valence-corrected chi connectivity index (χ1v) is 10.2. The van der Waals surface area contributed by atoms with E-state index in [1.807, 2.05) is 6.92 Å². The number of nitrogens with one attached hydrogen (secondary N) is 1. The summed E-state index contributed by atoms with van der Waals surface area (Å²) in [6, 6.07) is 9.48. The van der Waals surface area contributed by atoms with E-state index in [1.54, 1.807) is 38.1 Å². The second kappa shape index (κ2) is 8.97. The number of carbonyl (C=O) groups is 2. The average Bonchev–Trinajstić information content (AvgIpc) is 2.60. The van der Waals surface area contributed by atoms with Gasteiger partial charge in [-0.2, -0.15) is 9.41 Å². The van der Waals surface area contributed by atoms with Crippen molar-refractivity contribution in [3.05, 3.63) is 64.2 Å². The molecule has 0 spiro atoms. The van der Waals surface area contributed by atoms with E-state index < -0.39 is 28.4 Å². The van der Waals surface area contributed by atoms with E-state index >= 15 is 0 Å². The number of carboxylic acid groups (broad SMARTS) is 1. The highest BCUT2D eigenvalue weighted by atomic mass is 32.2. The number of likely N-dealkylation sites (N-methyl/N-ethyl adjacent to an activating group) is 1. The molecule has 0 atom stereocenters. The molecule has 0 radical (unpaired) electrons. The molecule has 0 bridgehead atoms. The Morgan fingerprint density at radius 3 is 2.17 bits per heavy atom. The second-order valence-corrected chi connectivity index (χ2v) is 8.69. The Kier molecular flexibility index (Phi) is 6.89. The van der Waals surface area contributed by atoms with E-state index in [-0.39, 0.29) is 10.5 Å². The first-order chi connectivity index (χ1) is 13.5. The van der Waals surface area contributed by atoms with Gasteiger partial charge < -0.3 is 5.11 Å². The number of aryl methyl sites for hydroxylation is 3. The molecule has 0 aliphatic carbocycles. The van der Waals surface area contributed by atoms with Gasteiger partial charge in [-0.05, 0) is 49.6 Å². The number of amides is 1. The van der Waals surface area contributed by atoms with Gasteiger partial charge in [0.15, 0.2) is 0 Å². The van der Waals surface area contributed by atoms with E-state index in [1.165, 1.54) is 25.4 Å². The number of hydrogen-bond donors (Lipinski definition) is 2. The maximum absolute atomic E-state index is 12.9. The molecular weight excluding hydrogens is 394 g/mol. The smallest absolute Gasteiger partial charge is 0.335 e. The number of sulfonamides is 1. The Labute approximate surface area is 169 Å². The molecule has 0 fully saturated rings. The van der Waals surface area contributed by atoms with Crippen molar-refractivity contribution in [1.82, 2.24) is 9.73 Å². The summed E-state index contributed by atoms with van der Waals surface area (Å²) in [7, 11) is -2.50. The summed E-state index contributed by atoms with van der Waals surface area (Å²) in [5.74, 6) is -1.64. The molecule has 2 aromatic rings. The topological polar surface area (TPSA) is 116 Å². The highest BCUT2D eigenvalue weighted by Gasteiger charge is 2.26. The molecule has 2 aromatic carbocycles. The third kappa shape index (κ3) is 5.49. The molecule has 154 valence electrons. The van der Waals surface area contributed by atoms with E-state index in [0.29, 0.717) is 16.7 Å². The van der Waals surface area contributed by atoms with Crippen molar-refractivity contribution in [3.63, 3.8) is 0 Å². The zero-order valence-electron chi connectivity index (χ0n) is 16.6. The molecule has 0 saturated carbocycles. The molecule has 0 aliphatic rings. The molecule has 8 nitrogen and oxygen atoms in total. The van der Waals surface area contributed by atoms with Crippen LogP contribution in [0.4, 0.5) is 0 Å². The summed E-state index contributed by atoms with van der Waals surface area (Å²) < 4.78 is 26.7. The number of hydrazone groups is 1. The lowest BCUT2D eigenvalue weighted by atomic mass is 10.1. The molecule has 2 rings (SSSR count). The quantitative estimate of drug-likeness (QED) is 0.529. The predicted molar refractivity (Wildman–Crippen MR) is 110 cm³/mol. The van der Waals surface area contributed by atoms with Gasteiger partial charge in [0.25, 0.3) is 5.91 Å². The van der Waals surface area contributed by atoms with Crippen molar-refractivity contribution in [2.45, 2.75) is 25.7 Å². The number of hydrogen-bond acceptors (Lipinski definition) is 5. The number of benzene rings is 2. The van der Waals surface area contributed by atoms with E-state index in [2.05, 4.69) is 10.5 Å². The minimum absolute atomic E-state index is 0.139. The fourth-order valence-electron chi connectivity index (χ4n) is 2.94. The summed E-state index contributed by atoms with van der Waals surface area (Å²) in [5, 5.41) is 12.6. The van der Waals surface area contributed by atoms with Crippen LogP contribution in [-0.4, -0.2) is 49.5 Å². The number of aromatic carboxylic acids is 1. The Morgan fingerprint density at radius 1 is 1.10 bits per heavy atom. The molecule has 0 heterocycles. The van der Waals surface area contributed by atoms with Crippen LogP contribution in [0.1, 0.15) is 32.6 Å². The largest absolute Gasteiger partial charge is 0.478 e. The molecule has 2 N–H and O–H groups in total. The second-order valence-electron chi connectivity index (χ2n) is 6.71. The minimum Gasteiger partial charge on any atom is -0.478 e. The van der Waals surface area contributed by atoms with Crippen molar-refractivity contribution in [2.75, 3.05) is 13.6 Å². The molecule has 0 saturated heterocycles. The van der Waals surface area contributed by atoms with Gasteiger partial charge in [-0.25, -0.2) is 18.6 Å². The first kappa shape index (κ1) is 22.3. The Bertz CT molecular complexity index is 1040. The molecule has 0 aliphatic heterocycles. The lowest BCUT2D eigenvalue weighted by molar-refractivity contribution is -0.121. The molecule has 9 heteroatoms. The van der Waals surface area contributed by atoms with Gasteiger partial charge in [-0.15, -0.1) is 0 Å². The van der Waals surface area contributed by atoms with Gasteiger partial charge in [0.05, 0.1) is 23.2 Å². The fourth-order valence-corrected chi connectivity index (χ4v) is 4.47. The van der Waals surface area contributed by atoms with E-state index in [9.17, 15) is 18.0 Å². The predicted octanol–water partition coefficient (Wildman–Crippen LogP) is 2.08. The summed E-state index contributed by atoms with van der Waals surface area (Å²) in [5.41, 5.74) is 5.20. The monoisotopic (exact) mass is 417 g/mol. The number of carboxylic acids is 1. The fraction of sp³-hybridized carbons (Fsp3) is 0.250. The molecular formula is C20H23N3O5S. The van der Waals surface area contributed by atoms with Crippen LogP contribution in [0.2, 0.25) is 0 Å². The zero-order chi connectivity index (χ0) is 21.8. The van der Waals surface area contributed by atoms with Gasteiger partial charge >= 0.3 is 5.97 Å². The van der Waals surface area contributed by atoms with Crippen LogP contribution in [0, 0.1) is 20.8 Å². The SMILES string of the molecule is Cc1cc(C)c(S(=O)(=O)N(C)CC(=O)N/N=C\c2ccc(C(=O)O)cc2)c(C)c1. The van der Waals surface area contributed by atoms with Crippen LogP contribution in [0.15, 0.2) is 46.4 Å². The Morgan fingerprint density at radius 2 is 1.66 bits per heavy atom. The molecule has 0 aromatic heterocycles. The number of carbonyl (C=O) groups excluding carboxylic acids is 1. The normalized spacial score (nSPS) is 11.8. The third-order valence-corrected chi connectivity index (χ3v) is 6.31. The van der Waals surface area contributed by atoms with Gasteiger partial charge in [0.2, 0.25) is 10.0 Å². The minimum atomic E-state index is -3.84. The first-order valence-electron chi connectivity index (χ1n) is 8.72. The van der Waals surface area contributed by atoms with Crippen LogP contribution in [0.25, 0.3) is 0 Å². The van der Waals surface area contributed by atoms with Crippen molar-refractivity contribution in [2.24, 2.45) is 5.10 Å². The van der Waals surface area contributed by atoms with Gasteiger partial charge in [-0.1, -0.05) is 29.8 Å². The van der Waals surface area contributed by atoms with Crippen molar-refractivity contribution in [1.29, 1.82) is 0 Å². The standard InChI is InChI=1S/C20H23N3O5S/c1-13-9-14(2)19(15(3)10-13)29(27,28)23(4)12-18(24)22-21-11-16-5-7-17(8-6-16)20(25)26/h5-11H,12H2,1-4H3,(H,22,24)(H,25,26)/b21-11-. The van der Waals surface area contributed by atoms with Crippen LogP contribution in [-0.2, 0) is 14.8 Å². The Balaban J connectivity index is 2.04. The number of rotatable bonds is 7. The van der Waals surface area contributed by atoms with Gasteiger partial charge in [-0.3, -0.25) is 4.79 Å². The van der Waals surface area contributed by atoms with Crippen molar-refractivity contribution in [3.8, 4) is 0 Å². The highest BCUT2D eigenvalue weighted by Crippen LogP contribution is 2.24. The third-order valence-electron chi connectivity index (χ3n) is 4.20. The van der Waals surface area contributed by atoms with Crippen LogP contribution >= 0.6 is 0 Å². The lowest BCUT2D eigenvalue weighted by Crippen LogP contribution is -2.37. The van der Waals surface area contributed by atoms with Crippen LogP contribution in [0.3, 0.4) is 0 Å². The molecule has 0 unspecified atom stereocenters. The molecule has 1 amide bonds. The zero-order valence-corrected chi connectivity index (χ0v) is 17.4.